The van der Waals surface area contributed by atoms with Gasteiger partial charge in [-0.15, -0.1) is 0 Å². The normalized spacial score (nSPS) is 10.2. The number of carbonyl (C=O) groups is 2. The van der Waals surface area contributed by atoms with Crippen LogP contribution < -0.4 is 0 Å². The van der Waals surface area contributed by atoms with E-state index in [1.807, 2.05) is 0 Å². The first-order valence-corrected chi connectivity index (χ1v) is 3.03. The molecule has 3 heteroatoms. The number of hydrogen-bond acceptors (Lipinski definition) is 3. The maximum atomic E-state index is 10.2. The van der Waals surface area contributed by atoms with Crippen LogP contribution in [0.2, 0.25) is 0 Å². The van der Waals surface area contributed by atoms with E-state index in [1.165, 1.54) is 18.4 Å². The van der Waals surface area contributed by atoms with Crippen LogP contribution in [0.4, 0.5) is 0 Å². The summed E-state index contributed by atoms with van der Waals surface area (Å²) in [6, 6.07) is 1.61. The largest absolute Gasteiger partial charge is 0.461 e. The maximum Gasteiger partial charge on any atom is 0.185 e. The number of allylic oxidation sites excluding steroid dienone is 1. The molecule has 0 aromatic carbocycles. The molecule has 0 amide bonds. The standard InChI is InChI=1S/C8H6O3/c9-4-1-2-7-3-5-11-8(7)6-10/h1-6H. The summed E-state index contributed by atoms with van der Waals surface area (Å²) in [5.41, 5.74) is 0.618. The molecule has 0 saturated heterocycles. The lowest BCUT2D eigenvalue weighted by atomic mass is 10.2. The predicted octanol–water partition coefficient (Wildman–Crippen LogP) is 1.30. The second kappa shape index (κ2) is 3.51. The lowest BCUT2D eigenvalue weighted by Crippen LogP contribution is -1.76. The molecule has 1 rings (SSSR count). The lowest BCUT2D eigenvalue weighted by Gasteiger charge is -1.82. The molecule has 56 valence electrons. The molecule has 1 heterocycles. The van der Waals surface area contributed by atoms with Crippen LogP contribution in [0, 0.1) is 0 Å². The first-order valence-electron chi connectivity index (χ1n) is 3.03. The Balaban J connectivity index is 2.92. The molecule has 0 atom stereocenters. The molecule has 1 aromatic heterocycles. The van der Waals surface area contributed by atoms with Crippen molar-refractivity contribution in [3.63, 3.8) is 0 Å². The third-order valence-corrected chi connectivity index (χ3v) is 1.19. The highest BCUT2D eigenvalue weighted by Gasteiger charge is 1.99. The van der Waals surface area contributed by atoms with Gasteiger partial charge in [-0.2, -0.15) is 0 Å². The Morgan fingerprint density at radius 1 is 1.36 bits per heavy atom. The topological polar surface area (TPSA) is 47.3 Å². The summed E-state index contributed by atoms with van der Waals surface area (Å²) < 4.78 is 4.78. The first-order chi connectivity index (χ1) is 5.38. The molecule has 0 bridgehead atoms. The van der Waals surface area contributed by atoms with Crippen LogP contribution in [-0.2, 0) is 4.79 Å². The molecule has 0 aliphatic heterocycles. The molecule has 1 aromatic rings. The van der Waals surface area contributed by atoms with Crippen molar-refractivity contribution in [3.8, 4) is 0 Å². The van der Waals surface area contributed by atoms with Crippen LogP contribution in [0.15, 0.2) is 22.8 Å². The Kier molecular flexibility index (Phi) is 2.38. The molecule has 3 nitrogen and oxygen atoms in total. The van der Waals surface area contributed by atoms with E-state index < -0.39 is 0 Å². The highest BCUT2D eigenvalue weighted by Crippen LogP contribution is 2.08. The number of carbonyl (C=O) groups excluding carboxylic acids is 2. The molecule has 0 spiro atoms. The van der Waals surface area contributed by atoms with E-state index >= 15 is 0 Å². The monoisotopic (exact) mass is 150 g/mol. The van der Waals surface area contributed by atoms with Gasteiger partial charge < -0.3 is 4.42 Å². The quantitative estimate of drug-likeness (QED) is 0.482. The fraction of sp³-hybridized carbons (Fsp3) is 0. The van der Waals surface area contributed by atoms with Gasteiger partial charge in [0.1, 0.15) is 6.29 Å². The van der Waals surface area contributed by atoms with Crippen molar-refractivity contribution in [1.29, 1.82) is 0 Å². The van der Waals surface area contributed by atoms with E-state index in [0.29, 0.717) is 18.1 Å². The molecular weight excluding hydrogens is 144 g/mol. The summed E-state index contributed by atoms with van der Waals surface area (Å²) in [7, 11) is 0. The smallest absolute Gasteiger partial charge is 0.185 e. The van der Waals surface area contributed by atoms with Crippen LogP contribution in [-0.4, -0.2) is 12.6 Å². The van der Waals surface area contributed by atoms with Crippen molar-refractivity contribution in [2.75, 3.05) is 0 Å². The van der Waals surface area contributed by atoms with Crippen LogP contribution in [0.5, 0.6) is 0 Å². The molecule has 0 radical (unpaired) electrons. The third-order valence-electron chi connectivity index (χ3n) is 1.19. The Morgan fingerprint density at radius 2 is 2.18 bits per heavy atom. The van der Waals surface area contributed by atoms with Crippen molar-refractivity contribution in [1.82, 2.24) is 0 Å². The van der Waals surface area contributed by atoms with Crippen molar-refractivity contribution >= 4 is 18.6 Å². The van der Waals surface area contributed by atoms with Gasteiger partial charge in [0.15, 0.2) is 12.0 Å². The molecule has 0 aliphatic rings. The summed E-state index contributed by atoms with van der Waals surface area (Å²) >= 11 is 0. The highest BCUT2D eigenvalue weighted by atomic mass is 16.3. The zero-order chi connectivity index (χ0) is 8.10. The van der Waals surface area contributed by atoms with E-state index in [-0.39, 0.29) is 5.76 Å². The summed E-state index contributed by atoms with van der Waals surface area (Å²) in [4.78, 5) is 20.1. The van der Waals surface area contributed by atoms with Crippen LogP contribution in [0.3, 0.4) is 0 Å². The predicted molar refractivity (Wildman–Crippen MR) is 39.2 cm³/mol. The Labute approximate surface area is 63.3 Å². The summed E-state index contributed by atoms with van der Waals surface area (Å²) in [6.45, 7) is 0. The van der Waals surface area contributed by atoms with Crippen molar-refractivity contribution in [2.24, 2.45) is 0 Å². The van der Waals surface area contributed by atoms with Crippen LogP contribution >= 0.6 is 0 Å². The highest BCUT2D eigenvalue weighted by molar-refractivity contribution is 5.81. The lowest BCUT2D eigenvalue weighted by molar-refractivity contribution is -0.104. The van der Waals surface area contributed by atoms with E-state index in [0.717, 1.165) is 0 Å². The van der Waals surface area contributed by atoms with E-state index in [2.05, 4.69) is 0 Å². The second-order valence-electron chi connectivity index (χ2n) is 1.85. The van der Waals surface area contributed by atoms with Crippen molar-refractivity contribution < 1.29 is 14.0 Å². The van der Waals surface area contributed by atoms with Crippen LogP contribution in [0.25, 0.3) is 6.08 Å². The van der Waals surface area contributed by atoms with Gasteiger partial charge in [-0.1, -0.05) is 0 Å². The average molecular weight is 150 g/mol. The molecule has 0 N–H and O–H groups in total. The molecular formula is C8H6O3. The van der Waals surface area contributed by atoms with Gasteiger partial charge in [0.2, 0.25) is 0 Å². The van der Waals surface area contributed by atoms with E-state index in [1.54, 1.807) is 6.07 Å². The molecule has 0 aliphatic carbocycles. The molecule has 0 saturated carbocycles. The van der Waals surface area contributed by atoms with Gasteiger partial charge in [-0.05, 0) is 18.2 Å². The fourth-order valence-corrected chi connectivity index (χ4v) is 0.707. The summed E-state index contributed by atoms with van der Waals surface area (Å²) in [5.74, 6) is 0.239. The molecule has 11 heavy (non-hydrogen) atoms. The minimum absolute atomic E-state index is 0.239. The van der Waals surface area contributed by atoms with Gasteiger partial charge in [0.25, 0.3) is 0 Å². The minimum Gasteiger partial charge on any atom is -0.461 e. The van der Waals surface area contributed by atoms with Crippen molar-refractivity contribution in [3.05, 3.63) is 29.7 Å². The SMILES string of the molecule is O=CC=Cc1ccoc1C=O. The van der Waals surface area contributed by atoms with E-state index in [9.17, 15) is 9.59 Å². The number of aldehydes is 2. The van der Waals surface area contributed by atoms with Crippen LogP contribution in [0.1, 0.15) is 16.1 Å². The summed E-state index contributed by atoms with van der Waals surface area (Å²) in [5, 5.41) is 0. The van der Waals surface area contributed by atoms with Gasteiger partial charge in [-0.3, -0.25) is 9.59 Å². The third kappa shape index (κ3) is 1.64. The number of rotatable bonds is 3. The molecule has 0 unspecified atom stereocenters. The summed E-state index contributed by atoms with van der Waals surface area (Å²) in [6.07, 6.45) is 5.46. The van der Waals surface area contributed by atoms with Gasteiger partial charge in [-0.25, -0.2) is 0 Å². The zero-order valence-corrected chi connectivity index (χ0v) is 5.69. The van der Waals surface area contributed by atoms with E-state index in [4.69, 9.17) is 4.42 Å². The maximum absolute atomic E-state index is 10.2. The minimum atomic E-state index is 0.239. The first kappa shape index (κ1) is 7.47. The van der Waals surface area contributed by atoms with Gasteiger partial charge in [0, 0.05) is 5.56 Å². The second-order valence-corrected chi connectivity index (χ2v) is 1.85. The van der Waals surface area contributed by atoms with Crippen molar-refractivity contribution in [2.45, 2.75) is 0 Å². The number of furan rings is 1. The average Bonchev–Trinajstić information content (AvgIpc) is 2.47. The Hall–Kier alpha value is -1.64. The fourth-order valence-electron chi connectivity index (χ4n) is 0.707. The van der Waals surface area contributed by atoms with Gasteiger partial charge in [0.05, 0.1) is 6.26 Å². The van der Waals surface area contributed by atoms with Gasteiger partial charge >= 0.3 is 0 Å². The number of hydrogen-bond donors (Lipinski definition) is 0. The zero-order valence-electron chi connectivity index (χ0n) is 5.69. The Morgan fingerprint density at radius 3 is 2.82 bits per heavy atom. The Bertz CT molecular complexity index is 283. The molecule has 0 fully saturated rings.